The first kappa shape index (κ1) is 37.4. The van der Waals surface area contributed by atoms with Crippen molar-refractivity contribution < 1.29 is 34.2 Å². The molecule has 1 aliphatic rings. The molecule has 242 valence electrons. The Bertz CT molecular complexity index is 797. The maximum absolute atomic E-state index is 12.6. The van der Waals surface area contributed by atoms with Gasteiger partial charge < -0.3 is 25.7 Å². The van der Waals surface area contributed by atoms with Gasteiger partial charge in [-0.2, -0.15) is 0 Å². The molecule has 0 spiro atoms. The van der Waals surface area contributed by atoms with Crippen molar-refractivity contribution in [3.8, 4) is 0 Å². The summed E-state index contributed by atoms with van der Waals surface area (Å²) >= 11 is 0. The van der Waals surface area contributed by atoms with Crippen molar-refractivity contribution in [3.63, 3.8) is 0 Å². The first-order valence-electron chi connectivity index (χ1n) is 16.5. The van der Waals surface area contributed by atoms with Crippen LogP contribution in [0.1, 0.15) is 142 Å². The lowest BCUT2D eigenvalue weighted by molar-refractivity contribution is -0.144. The standard InChI is InChI=1S/C32H57N3O7/c1-2-33-28(36)25-27(32(41)42)34-31(40)26-21-23-35(24-22-26)29(37)19-17-15-13-11-9-7-5-3-4-6-8-10-12-14-16-18-20-30(38)39/h26-27H,2-25H2,1H3,(H,33,36)(H,34,40)(H,38,39)(H,41,42)/t27-/m1/s1. The fourth-order valence-corrected chi connectivity index (χ4v) is 5.52. The second-order valence-electron chi connectivity index (χ2n) is 11.8. The number of carboxylic acid groups (broad SMARTS) is 2. The molecule has 0 aromatic heterocycles. The predicted octanol–water partition coefficient (Wildman–Crippen LogP) is 5.43. The highest BCUT2D eigenvalue weighted by atomic mass is 16.4. The van der Waals surface area contributed by atoms with Crippen LogP contribution in [0.15, 0.2) is 0 Å². The average Bonchev–Trinajstić information content (AvgIpc) is 2.96. The summed E-state index contributed by atoms with van der Waals surface area (Å²) in [6, 6.07) is -1.25. The molecule has 1 aliphatic heterocycles. The smallest absolute Gasteiger partial charge is 0.326 e. The maximum Gasteiger partial charge on any atom is 0.326 e. The number of unbranched alkanes of at least 4 members (excludes halogenated alkanes) is 15. The SMILES string of the molecule is CCNC(=O)C[C@@H](NC(=O)C1CCN(C(=O)CCCCCCCCCCCCCCCCCCC(=O)O)CC1)C(=O)O. The summed E-state index contributed by atoms with van der Waals surface area (Å²) in [5.74, 6) is -2.92. The topological polar surface area (TPSA) is 153 Å². The minimum Gasteiger partial charge on any atom is -0.481 e. The molecule has 1 saturated heterocycles. The molecule has 0 unspecified atom stereocenters. The van der Waals surface area contributed by atoms with Crippen LogP contribution in [0.5, 0.6) is 0 Å². The van der Waals surface area contributed by atoms with E-state index < -0.39 is 23.9 Å². The Morgan fingerprint density at radius 3 is 1.52 bits per heavy atom. The van der Waals surface area contributed by atoms with Gasteiger partial charge in [0.25, 0.3) is 0 Å². The van der Waals surface area contributed by atoms with Gasteiger partial charge in [-0.15, -0.1) is 0 Å². The van der Waals surface area contributed by atoms with Crippen LogP contribution in [-0.2, 0) is 24.0 Å². The number of carboxylic acids is 2. The molecule has 0 aliphatic carbocycles. The number of nitrogens with zero attached hydrogens (tertiary/aromatic N) is 1. The van der Waals surface area contributed by atoms with Gasteiger partial charge in [0.15, 0.2) is 0 Å². The molecule has 1 heterocycles. The molecule has 42 heavy (non-hydrogen) atoms. The number of aliphatic carboxylic acids is 2. The summed E-state index contributed by atoms with van der Waals surface area (Å²) in [5.41, 5.74) is 0. The first-order valence-corrected chi connectivity index (χ1v) is 16.5. The minimum absolute atomic E-state index is 0.131. The third kappa shape index (κ3) is 18.7. The highest BCUT2D eigenvalue weighted by Gasteiger charge is 2.30. The van der Waals surface area contributed by atoms with E-state index in [1.54, 1.807) is 6.92 Å². The van der Waals surface area contributed by atoms with E-state index >= 15 is 0 Å². The van der Waals surface area contributed by atoms with E-state index in [-0.39, 0.29) is 24.2 Å². The number of likely N-dealkylation sites (tertiary alicyclic amines) is 1. The van der Waals surface area contributed by atoms with Crippen LogP contribution in [0.4, 0.5) is 0 Å². The van der Waals surface area contributed by atoms with E-state index in [1.165, 1.54) is 64.2 Å². The Labute approximate surface area is 252 Å². The number of hydrogen-bond acceptors (Lipinski definition) is 5. The molecular weight excluding hydrogens is 538 g/mol. The lowest BCUT2D eigenvalue weighted by Crippen LogP contribution is -2.49. The highest BCUT2D eigenvalue weighted by molar-refractivity contribution is 5.89. The Hall–Kier alpha value is -2.65. The lowest BCUT2D eigenvalue weighted by atomic mass is 9.95. The number of hydrogen-bond donors (Lipinski definition) is 4. The zero-order chi connectivity index (χ0) is 31.0. The summed E-state index contributed by atoms with van der Waals surface area (Å²) in [6.45, 7) is 3.14. The number of rotatable bonds is 25. The van der Waals surface area contributed by atoms with E-state index in [0.29, 0.717) is 45.3 Å². The number of carbonyl (C=O) groups is 5. The van der Waals surface area contributed by atoms with Crippen LogP contribution in [0, 0.1) is 5.92 Å². The fraction of sp³-hybridized carbons (Fsp3) is 0.844. The molecule has 1 fully saturated rings. The van der Waals surface area contributed by atoms with Crippen LogP contribution in [0.25, 0.3) is 0 Å². The summed E-state index contributed by atoms with van der Waals surface area (Å²) in [6.07, 6.45) is 20.4. The molecule has 0 radical (unpaired) electrons. The zero-order valence-corrected chi connectivity index (χ0v) is 26.0. The zero-order valence-electron chi connectivity index (χ0n) is 26.0. The van der Waals surface area contributed by atoms with Crippen molar-refractivity contribution in [2.45, 2.75) is 148 Å². The first-order chi connectivity index (χ1) is 20.2. The quantitative estimate of drug-likeness (QED) is 0.103. The Morgan fingerprint density at radius 1 is 0.690 bits per heavy atom. The summed E-state index contributed by atoms with van der Waals surface area (Å²) in [5, 5.41) is 23.0. The second kappa shape index (κ2) is 23.9. The molecule has 0 aromatic rings. The van der Waals surface area contributed by atoms with E-state index in [1.807, 2.05) is 4.90 Å². The van der Waals surface area contributed by atoms with Crippen molar-refractivity contribution >= 4 is 29.7 Å². The van der Waals surface area contributed by atoms with Crippen molar-refractivity contribution in [2.24, 2.45) is 5.92 Å². The largest absolute Gasteiger partial charge is 0.481 e. The van der Waals surface area contributed by atoms with Gasteiger partial charge in [-0.05, 0) is 32.6 Å². The molecule has 3 amide bonds. The number of nitrogens with one attached hydrogen (secondary N) is 2. The van der Waals surface area contributed by atoms with Gasteiger partial charge in [-0.25, -0.2) is 4.79 Å². The van der Waals surface area contributed by atoms with Crippen LogP contribution >= 0.6 is 0 Å². The fourth-order valence-electron chi connectivity index (χ4n) is 5.52. The predicted molar refractivity (Wildman–Crippen MR) is 163 cm³/mol. The van der Waals surface area contributed by atoms with Gasteiger partial charge in [-0.1, -0.05) is 89.9 Å². The van der Waals surface area contributed by atoms with Crippen LogP contribution in [0.2, 0.25) is 0 Å². The summed E-state index contributed by atoms with van der Waals surface area (Å²) < 4.78 is 0. The van der Waals surface area contributed by atoms with Crippen molar-refractivity contribution in [1.82, 2.24) is 15.5 Å². The van der Waals surface area contributed by atoms with Gasteiger partial charge in [0.1, 0.15) is 6.04 Å². The summed E-state index contributed by atoms with van der Waals surface area (Å²) in [7, 11) is 0. The molecule has 1 rings (SSSR count). The molecule has 4 N–H and O–H groups in total. The van der Waals surface area contributed by atoms with Crippen LogP contribution < -0.4 is 10.6 Å². The van der Waals surface area contributed by atoms with Crippen molar-refractivity contribution in [3.05, 3.63) is 0 Å². The number of piperidine rings is 1. The van der Waals surface area contributed by atoms with Crippen molar-refractivity contribution in [2.75, 3.05) is 19.6 Å². The monoisotopic (exact) mass is 595 g/mol. The van der Waals surface area contributed by atoms with Gasteiger partial charge in [0.2, 0.25) is 17.7 Å². The molecular formula is C32H57N3O7. The Morgan fingerprint density at radius 2 is 1.12 bits per heavy atom. The highest BCUT2D eigenvalue weighted by Crippen LogP contribution is 2.20. The normalized spacial score (nSPS) is 14.4. The molecule has 10 heteroatoms. The van der Waals surface area contributed by atoms with E-state index in [4.69, 9.17) is 5.11 Å². The summed E-state index contributed by atoms with van der Waals surface area (Å²) in [4.78, 5) is 60.6. The molecule has 0 bridgehead atoms. The van der Waals surface area contributed by atoms with E-state index in [0.717, 1.165) is 38.5 Å². The Kier molecular flexibility index (Phi) is 21.2. The lowest BCUT2D eigenvalue weighted by Gasteiger charge is -2.32. The maximum atomic E-state index is 12.6. The molecule has 0 aromatic carbocycles. The molecule has 0 saturated carbocycles. The number of carbonyl (C=O) groups excluding carboxylic acids is 3. The van der Waals surface area contributed by atoms with Gasteiger partial charge >= 0.3 is 11.9 Å². The number of amides is 3. The van der Waals surface area contributed by atoms with Gasteiger partial charge in [0, 0.05) is 38.4 Å². The molecule has 1 atom stereocenters. The van der Waals surface area contributed by atoms with Gasteiger partial charge in [-0.3, -0.25) is 19.2 Å². The average molecular weight is 596 g/mol. The van der Waals surface area contributed by atoms with Crippen molar-refractivity contribution in [1.29, 1.82) is 0 Å². The third-order valence-electron chi connectivity index (χ3n) is 8.13. The van der Waals surface area contributed by atoms with Crippen LogP contribution in [-0.4, -0.2) is 70.4 Å². The third-order valence-corrected chi connectivity index (χ3v) is 8.13. The second-order valence-corrected chi connectivity index (χ2v) is 11.8. The van der Waals surface area contributed by atoms with E-state index in [2.05, 4.69) is 10.6 Å². The van der Waals surface area contributed by atoms with Gasteiger partial charge in [0.05, 0.1) is 6.42 Å². The van der Waals surface area contributed by atoms with Crippen LogP contribution in [0.3, 0.4) is 0 Å². The Balaban J connectivity index is 1.99. The van der Waals surface area contributed by atoms with E-state index in [9.17, 15) is 29.1 Å². The molecule has 10 nitrogen and oxygen atoms in total. The minimum atomic E-state index is -1.25.